The van der Waals surface area contributed by atoms with E-state index >= 15 is 0 Å². The normalized spacial score (nSPS) is 22.8. The lowest BCUT2D eigenvalue weighted by Crippen LogP contribution is -2.47. The number of alkyl halides is 1. The van der Waals surface area contributed by atoms with Crippen molar-refractivity contribution in [3.63, 3.8) is 0 Å². The summed E-state index contributed by atoms with van der Waals surface area (Å²) in [4.78, 5) is 56.0. The van der Waals surface area contributed by atoms with Crippen LogP contribution in [0.4, 0.5) is 10.2 Å². The Hall–Kier alpha value is -4.10. The Labute approximate surface area is 292 Å². The average molecular weight is 733 g/mol. The number of pyridine rings is 1. The number of nitrogens with zero attached hydrogens (tertiary/aromatic N) is 6. The van der Waals surface area contributed by atoms with E-state index in [0.29, 0.717) is 63.5 Å². The number of rotatable bonds is 5. The molecule has 1 saturated carbocycles. The van der Waals surface area contributed by atoms with E-state index in [1.807, 2.05) is 12.1 Å². The Bertz CT molecular complexity index is 1930. The van der Waals surface area contributed by atoms with Crippen molar-refractivity contribution in [3.05, 3.63) is 63.9 Å². The third kappa shape index (κ3) is 6.62. The quantitative estimate of drug-likeness (QED) is 0.182. The van der Waals surface area contributed by atoms with Gasteiger partial charge in [0.05, 0.1) is 12.1 Å². The van der Waals surface area contributed by atoms with Crippen LogP contribution in [0.5, 0.6) is 0 Å². The van der Waals surface area contributed by atoms with Crippen molar-refractivity contribution in [3.8, 4) is 11.1 Å². The van der Waals surface area contributed by atoms with Crippen LogP contribution in [-0.4, -0.2) is 65.9 Å². The Kier molecular flexibility index (Phi) is 9.31. The number of fused-ring (bicyclic) bond motifs is 3. The van der Waals surface area contributed by atoms with Gasteiger partial charge < -0.3 is 15.0 Å². The van der Waals surface area contributed by atoms with Gasteiger partial charge >= 0.3 is 0 Å². The molecule has 1 aromatic carbocycles. The Morgan fingerprint density at radius 2 is 1.86 bits per heavy atom. The van der Waals surface area contributed by atoms with Crippen LogP contribution < -0.4 is 5.32 Å². The van der Waals surface area contributed by atoms with Gasteiger partial charge in [-0.25, -0.2) is 19.3 Å². The maximum Gasteiger partial charge on any atom is 0.248 e. The number of Topliss-reactive ketones (excluding diaryl/α,β-unsaturated/α-hetero) is 1. The van der Waals surface area contributed by atoms with Gasteiger partial charge in [-0.3, -0.25) is 19.1 Å². The molecule has 3 atom stereocenters. The van der Waals surface area contributed by atoms with Crippen molar-refractivity contribution in [2.45, 2.75) is 97.1 Å². The van der Waals surface area contributed by atoms with Crippen LogP contribution in [0.3, 0.4) is 0 Å². The summed E-state index contributed by atoms with van der Waals surface area (Å²) in [6.07, 6.45) is 11.0. The average Bonchev–Trinajstić information content (AvgIpc) is 3.49. The van der Waals surface area contributed by atoms with Gasteiger partial charge in [0, 0.05) is 54.0 Å². The zero-order valence-electron chi connectivity index (χ0n) is 27.7. The van der Waals surface area contributed by atoms with Gasteiger partial charge in [-0.1, -0.05) is 31.7 Å². The molecule has 1 spiro atoms. The zero-order chi connectivity index (χ0) is 34.3. The molecule has 5 heterocycles. The topological polar surface area (TPSA) is 132 Å². The number of amides is 2. The summed E-state index contributed by atoms with van der Waals surface area (Å²) in [5, 5.41) is 8.02. The summed E-state index contributed by atoms with van der Waals surface area (Å²) in [6.45, 7) is 3.06. The molecule has 0 radical (unpaired) electrons. The molecule has 11 nitrogen and oxygen atoms in total. The number of aryl methyl sites for hydroxylation is 1. The van der Waals surface area contributed by atoms with Crippen molar-refractivity contribution >= 4 is 50.2 Å². The number of carbonyl (C=O) groups excluding carboxylic acids is 3. The van der Waals surface area contributed by atoms with Crippen LogP contribution in [0.25, 0.3) is 22.0 Å². The standard InChI is InChI=1S/C36H39BrFN7O4/c1-21(46)32-27-13-24(26-17-39-22(2)40-18-26)12-25(16-38)33(27)44(43-32)19-31(47)45-28-14-36(15-29(36)45)10-6-4-3-5-7-11-49-20-23-8-9-30(37)41-34(23)42-35(28)48/h8-9,12-13,17-18,28-29H,3-7,10-11,14-16,19-20H2,1-2H3,(H,41,42,48)/t28-,29+,36-/m0/s1. The second kappa shape index (κ2) is 13.7. The highest BCUT2D eigenvalue weighted by Gasteiger charge is 2.66. The van der Waals surface area contributed by atoms with E-state index in [2.05, 4.69) is 41.3 Å². The smallest absolute Gasteiger partial charge is 0.248 e. The van der Waals surface area contributed by atoms with Gasteiger partial charge in [0.25, 0.3) is 0 Å². The molecule has 1 aliphatic carbocycles. The highest BCUT2D eigenvalue weighted by atomic mass is 79.9. The first-order valence-electron chi connectivity index (χ1n) is 16.9. The van der Waals surface area contributed by atoms with Crippen molar-refractivity contribution in [1.29, 1.82) is 0 Å². The van der Waals surface area contributed by atoms with Crippen LogP contribution in [0.2, 0.25) is 0 Å². The number of ether oxygens (including phenoxy) is 1. The number of piperidine rings is 1. The van der Waals surface area contributed by atoms with Gasteiger partial charge in [0.2, 0.25) is 11.8 Å². The number of hydrogen-bond acceptors (Lipinski definition) is 8. The molecule has 2 bridgehead atoms. The van der Waals surface area contributed by atoms with E-state index in [1.165, 1.54) is 11.6 Å². The summed E-state index contributed by atoms with van der Waals surface area (Å²) in [5.41, 5.74) is 2.80. The Morgan fingerprint density at radius 1 is 1.08 bits per heavy atom. The number of anilines is 1. The summed E-state index contributed by atoms with van der Waals surface area (Å²) < 4.78 is 22.6. The number of halogens is 2. The van der Waals surface area contributed by atoms with Crippen LogP contribution in [-0.2, 0) is 34.2 Å². The maximum absolute atomic E-state index is 14.7. The molecule has 2 aliphatic heterocycles. The maximum atomic E-state index is 14.7. The predicted molar refractivity (Wildman–Crippen MR) is 184 cm³/mol. The predicted octanol–water partition coefficient (Wildman–Crippen LogP) is 6.50. The lowest BCUT2D eigenvalue weighted by Gasteiger charge is -2.27. The second-order valence-electron chi connectivity index (χ2n) is 13.6. The molecule has 4 aromatic rings. The number of aromatic nitrogens is 5. The molecule has 0 unspecified atom stereocenters. The summed E-state index contributed by atoms with van der Waals surface area (Å²) >= 11 is 3.42. The van der Waals surface area contributed by atoms with E-state index in [1.54, 1.807) is 36.4 Å². The largest absolute Gasteiger partial charge is 0.377 e. The van der Waals surface area contributed by atoms with Crippen LogP contribution >= 0.6 is 15.9 Å². The number of benzene rings is 1. The SMILES string of the molecule is CC(=O)c1nn(CC(=O)N2[C@H]3C[C@@]4(CCCCCCCOCc5ccc(Br)nc5NC3=O)C[C@@H]24)c2c(CF)cc(-c3cnc(C)nc3)cc12. The lowest BCUT2D eigenvalue weighted by atomic mass is 9.92. The van der Waals surface area contributed by atoms with Crippen LogP contribution in [0.1, 0.15) is 85.7 Å². The molecule has 49 heavy (non-hydrogen) atoms. The van der Waals surface area contributed by atoms with Crippen molar-refractivity contribution in [1.82, 2.24) is 29.6 Å². The minimum absolute atomic E-state index is 0.0763. The van der Waals surface area contributed by atoms with Gasteiger partial charge in [0.15, 0.2) is 5.78 Å². The van der Waals surface area contributed by atoms with Gasteiger partial charge in [-0.05, 0) is 77.7 Å². The van der Waals surface area contributed by atoms with E-state index in [0.717, 1.165) is 50.5 Å². The summed E-state index contributed by atoms with van der Waals surface area (Å²) in [7, 11) is 0. The minimum atomic E-state index is -0.833. The first-order valence-corrected chi connectivity index (χ1v) is 17.7. The van der Waals surface area contributed by atoms with Crippen LogP contribution in [0, 0.1) is 12.3 Å². The van der Waals surface area contributed by atoms with Gasteiger partial charge in [-0.2, -0.15) is 5.10 Å². The van der Waals surface area contributed by atoms with E-state index < -0.39 is 12.7 Å². The van der Waals surface area contributed by atoms with Crippen molar-refractivity contribution in [2.24, 2.45) is 5.41 Å². The third-order valence-electron chi connectivity index (χ3n) is 10.2. The number of likely N-dealkylation sites (tertiary alicyclic amines) is 1. The molecular weight excluding hydrogens is 693 g/mol. The second-order valence-corrected chi connectivity index (χ2v) is 14.4. The van der Waals surface area contributed by atoms with E-state index in [9.17, 15) is 18.8 Å². The molecular formula is C36H39BrFN7O4. The lowest BCUT2D eigenvalue weighted by molar-refractivity contribution is -0.138. The fourth-order valence-corrected chi connectivity index (χ4v) is 7.97. The summed E-state index contributed by atoms with van der Waals surface area (Å²) in [6, 6.07) is 6.36. The van der Waals surface area contributed by atoms with Crippen molar-refractivity contribution < 1.29 is 23.5 Å². The Balaban J connectivity index is 1.22. The molecule has 3 aliphatic rings. The van der Waals surface area contributed by atoms with Crippen molar-refractivity contribution in [2.75, 3.05) is 11.9 Å². The summed E-state index contributed by atoms with van der Waals surface area (Å²) in [5.74, 6) is 0.103. The number of hydrogen-bond donors (Lipinski definition) is 1. The molecule has 3 aromatic heterocycles. The molecule has 1 N–H and O–H groups in total. The fourth-order valence-electron chi connectivity index (χ4n) is 7.66. The fraction of sp³-hybridized carbons (Fsp3) is 0.472. The van der Waals surface area contributed by atoms with E-state index in [-0.39, 0.29) is 41.3 Å². The molecule has 7 rings (SSSR count). The monoisotopic (exact) mass is 731 g/mol. The minimum Gasteiger partial charge on any atom is -0.377 e. The first-order chi connectivity index (χ1) is 23.7. The molecule has 256 valence electrons. The molecule has 13 heteroatoms. The Morgan fingerprint density at radius 3 is 2.63 bits per heavy atom. The highest BCUT2D eigenvalue weighted by molar-refractivity contribution is 9.10. The van der Waals surface area contributed by atoms with E-state index in [4.69, 9.17) is 4.74 Å². The van der Waals surface area contributed by atoms with Gasteiger partial charge in [0.1, 0.15) is 41.2 Å². The van der Waals surface area contributed by atoms with Gasteiger partial charge in [-0.15, -0.1) is 0 Å². The molecule has 2 amide bonds. The molecule has 1 saturated heterocycles. The van der Waals surface area contributed by atoms with Crippen LogP contribution in [0.15, 0.2) is 41.3 Å². The third-order valence-corrected chi connectivity index (χ3v) is 10.7. The molecule has 2 fully saturated rings. The number of carbonyl (C=O) groups is 3. The first kappa shape index (κ1) is 33.4. The highest BCUT2D eigenvalue weighted by Crippen LogP contribution is 2.62. The zero-order valence-corrected chi connectivity index (χ0v) is 29.3. The number of nitrogens with one attached hydrogen (secondary N) is 1. The number of ketones is 1.